The molecule has 1 saturated heterocycles. The molecule has 1 aliphatic heterocycles. The van der Waals surface area contributed by atoms with Crippen LogP contribution in [0.1, 0.15) is 5.56 Å². The van der Waals surface area contributed by atoms with E-state index < -0.39 is 6.16 Å². The highest BCUT2D eigenvalue weighted by atomic mass is 16.7. The second-order valence-electron chi connectivity index (χ2n) is 3.90. The van der Waals surface area contributed by atoms with Gasteiger partial charge in [-0.1, -0.05) is 30.3 Å². The average molecular weight is 252 g/mol. The summed E-state index contributed by atoms with van der Waals surface area (Å²) in [5.74, 6) is 0. The van der Waals surface area contributed by atoms with Crippen LogP contribution in [0.25, 0.3) is 0 Å². The average Bonchev–Trinajstić information content (AvgIpc) is 2.42. The first-order chi connectivity index (χ1) is 8.84. The SMILES string of the molecule is O=C1OCC(OCCOCc2ccccc2)CO1. The molecule has 1 heterocycles. The first-order valence-electron chi connectivity index (χ1n) is 5.87. The van der Waals surface area contributed by atoms with Crippen molar-refractivity contribution < 1.29 is 23.7 Å². The predicted molar refractivity (Wildman–Crippen MR) is 63.1 cm³/mol. The maximum absolute atomic E-state index is 10.6. The largest absolute Gasteiger partial charge is 0.508 e. The van der Waals surface area contributed by atoms with Crippen molar-refractivity contribution in [1.29, 1.82) is 0 Å². The number of carbonyl (C=O) groups excluding carboxylic acids is 1. The Morgan fingerprint density at radius 3 is 2.56 bits per heavy atom. The Kier molecular flexibility index (Phi) is 4.99. The molecular weight excluding hydrogens is 236 g/mol. The van der Waals surface area contributed by atoms with Gasteiger partial charge >= 0.3 is 6.16 Å². The maximum atomic E-state index is 10.6. The summed E-state index contributed by atoms with van der Waals surface area (Å²) in [4.78, 5) is 10.6. The minimum atomic E-state index is -0.629. The van der Waals surface area contributed by atoms with Crippen LogP contribution in [0.5, 0.6) is 0 Å². The summed E-state index contributed by atoms with van der Waals surface area (Å²) in [5, 5.41) is 0. The van der Waals surface area contributed by atoms with Crippen molar-refractivity contribution in [2.24, 2.45) is 0 Å². The Labute approximate surface area is 106 Å². The van der Waals surface area contributed by atoms with E-state index in [1.807, 2.05) is 30.3 Å². The third-order valence-corrected chi connectivity index (χ3v) is 2.47. The molecule has 5 nitrogen and oxygen atoms in total. The molecule has 0 radical (unpaired) electrons. The maximum Gasteiger partial charge on any atom is 0.508 e. The second-order valence-corrected chi connectivity index (χ2v) is 3.90. The molecule has 98 valence electrons. The van der Waals surface area contributed by atoms with Gasteiger partial charge in [0, 0.05) is 0 Å². The first-order valence-corrected chi connectivity index (χ1v) is 5.87. The number of rotatable bonds is 6. The van der Waals surface area contributed by atoms with E-state index in [1.54, 1.807) is 0 Å². The molecule has 0 aromatic heterocycles. The molecule has 0 aliphatic carbocycles. The van der Waals surface area contributed by atoms with Gasteiger partial charge in [0.2, 0.25) is 0 Å². The van der Waals surface area contributed by atoms with Gasteiger partial charge in [-0.3, -0.25) is 0 Å². The normalized spacial score (nSPS) is 16.1. The van der Waals surface area contributed by atoms with Gasteiger partial charge in [0.1, 0.15) is 19.3 Å². The molecular formula is C13H16O5. The summed E-state index contributed by atoms with van der Waals surface area (Å²) < 4.78 is 20.3. The van der Waals surface area contributed by atoms with Crippen LogP contribution in [0.2, 0.25) is 0 Å². The third-order valence-electron chi connectivity index (χ3n) is 2.47. The Bertz CT molecular complexity index is 355. The molecule has 1 aromatic rings. The Morgan fingerprint density at radius 2 is 1.83 bits per heavy atom. The second kappa shape index (κ2) is 6.98. The lowest BCUT2D eigenvalue weighted by atomic mass is 10.2. The minimum absolute atomic E-state index is 0.192. The topological polar surface area (TPSA) is 54.0 Å². The fourth-order valence-electron chi connectivity index (χ4n) is 1.55. The zero-order chi connectivity index (χ0) is 12.6. The van der Waals surface area contributed by atoms with Crippen molar-refractivity contribution in [3.8, 4) is 0 Å². The molecule has 0 spiro atoms. The molecule has 0 atom stereocenters. The lowest BCUT2D eigenvalue weighted by Gasteiger charge is -2.21. The summed E-state index contributed by atoms with van der Waals surface area (Å²) in [7, 11) is 0. The number of carbonyl (C=O) groups is 1. The molecule has 0 unspecified atom stereocenters. The molecule has 1 fully saturated rings. The minimum Gasteiger partial charge on any atom is -0.431 e. The molecule has 1 aromatic carbocycles. The summed E-state index contributed by atoms with van der Waals surface area (Å²) in [6, 6.07) is 9.94. The smallest absolute Gasteiger partial charge is 0.431 e. The highest BCUT2D eigenvalue weighted by Crippen LogP contribution is 2.04. The van der Waals surface area contributed by atoms with Crippen molar-refractivity contribution in [2.45, 2.75) is 12.7 Å². The van der Waals surface area contributed by atoms with Crippen LogP contribution >= 0.6 is 0 Å². The predicted octanol–water partition coefficient (Wildman–Crippen LogP) is 1.76. The summed E-state index contributed by atoms with van der Waals surface area (Å²) >= 11 is 0. The van der Waals surface area contributed by atoms with Crippen molar-refractivity contribution in [3.63, 3.8) is 0 Å². The zero-order valence-corrected chi connectivity index (χ0v) is 10.0. The standard InChI is InChI=1S/C13H16O5/c14-13-17-9-12(10-18-13)16-7-6-15-8-11-4-2-1-3-5-11/h1-5,12H,6-10H2. The number of hydrogen-bond acceptors (Lipinski definition) is 5. The Morgan fingerprint density at radius 1 is 1.11 bits per heavy atom. The Hall–Kier alpha value is -1.59. The van der Waals surface area contributed by atoms with Crippen LogP contribution < -0.4 is 0 Å². The van der Waals surface area contributed by atoms with E-state index in [0.717, 1.165) is 5.56 Å². The number of ether oxygens (including phenoxy) is 4. The van der Waals surface area contributed by atoms with E-state index in [1.165, 1.54) is 0 Å². The molecule has 0 amide bonds. The third kappa shape index (κ3) is 4.35. The highest BCUT2D eigenvalue weighted by molar-refractivity contribution is 5.60. The van der Waals surface area contributed by atoms with Crippen LogP contribution in [-0.4, -0.2) is 38.7 Å². The molecule has 5 heteroatoms. The molecule has 2 rings (SSSR count). The lowest BCUT2D eigenvalue weighted by molar-refractivity contribution is -0.0932. The van der Waals surface area contributed by atoms with Gasteiger partial charge < -0.3 is 18.9 Å². The fraction of sp³-hybridized carbons (Fsp3) is 0.462. The van der Waals surface area contributed by atoms with Crippen molar-refractivity contribution in [3.05, 3.63) is 35.9 Å². The molecule has 0 saturated carbocycles. The van der Waals surface area contributed by atoms with E-state index in [4.69, 9.17) is 9.47 Å². The van der Waals surface area contributed by atoms with Gasteiger partial charge in [-0.25, -0.2) is 4.79 Å². The lowest BCUT2D eigenvalue weighted by Crippen LogP contribution is -2.34. The van der Waals surface area contributed by atoms with Crippen LogP contribution in [0.4, 0.5) is 4.79 Å². The fourth-order valence-corrected chi connectivity index (χ4v) is 1.55. The van der Waals surface area contributed by atoms with Crippen molar-refractivity contribution in [1.82, 2.24) is 0 Å². The number of cyclic esters (lactones) is 2. The van der Waals surface area contributed by atoms with E-state index >= 15 is 0 Å². The number of hydrogen-bond donors (Lipinski definition) is 0. The van der Waals surface area contributed by atoms with Gasteiger partial charge in [0.25, 0.3) is 0 Å². The highest BCUT2D eigenvalue weighted by Gasteiger charge is 2.20. The monoisotopic (exact) mass is 252 g/mol. The van der Waals surface area contributed by atoms with E-state index in [-0.39, 0.29) is 19.3 Å². The van der Waals surface area contributed by atoms with Gasteiger partial charge in [-0.2, -0.15) is 0 Å². The summed E-state index contributed by atoms with van der Waals surface area (Å²) in [5.41, 5.74) is 1.13. The van der Waals surface area contributed by atoms with Crippen LogP contribution in [0, 0.1) is 0 Å². The van der Waals surface area contributed by atoms with Gasteiger partial charge in [0.15, 0.2) is 0 Å². The van der Waals surface area contributed by atoms with E-state index in [9.17, 15) is 4.79 Å². The number of benzene rings is 1. The molecule has 0 N–H and O–H groups in total. The van der Waals surface area contributed by atoms with Gasteiger partial charge in [0.05, 0.1) is 19.8 Å². The Balaban J connectivity index is 1.52. The van der Waals surface area contributed by atoms with Gasteiger partial charge in [-0.15, -0.1) is 0 Å². The zero-order valence-electron chi connectivity index (χ0n) is 10.0. The van der Waals surface area contributed by atoms with Gasteiger partial charge in [-0.05, 0) is 5.56 Å². The summed E-state index contributed by atoms with van der Waals surface area (Å²) in [6.07, 6.45) is -0.821. The first kappa shape index (κ1) is 12.9. The quantitative estimate of drug-likeness (QED) is 0.570. The van der Waals surface area contributed by atoms with Crippen LogP contribution in [0.3, 0.4) is 0 Å². The van der Waals surface area contributed by atoms with Crippen LogP contribution in [0.15, 0.2) is 30.3 Å². The van der Waals surface area contributed by atoms with Crippen molar-refractivity contribution in [2.75, 3.05) is 26.4 Å². The summed E-state index contributed by atoms with van der Waals surface area (Å²) in [6.45, 7) is 2.02. The van der Waals surface area contributed by atoms with E-state index in [0.29, 0.717) is 19.8 Å². The van der Waals surface area contributed by atoms with E-state index in [2.05, 4.69) is 9.47 Å². The molecule has 0 bridgehead atoms. The molecule has 1 aliphatic rings. The van der Waals surface area contributed by atoms with Crippen molar-refractivity contribution >= 4 is 6.16 Å². The van der Waals surface area contributed by atoms with Crippen LogP contribution in [-0.2, 0) is 25.6 Å². The molecule has 18 heavy (non-hydrogen) atoms.